The highest BCUT2D eigenvalue weighted by atomic mass is 32.2. The summed E-state index contributed by atoms with van der Waals surface area (Å²) < 4.78 is 42.6. The van der Waals surface area contributed by atoms with E-state index < -0.39 is 28.5 Å². The lowest BCUT2D eigenvalue weighted by Crippen LogP contribution is -2.37. The Morgan fingerprint density at radius 2 is 1.60 bits per heavy atom. The molecule has 0 spiro atoms. The molecule has 162 valence electrons. The zero-order valence-corrected chi connectivity index (χ0v) is 18.2. The van der Waals surface area contributed by atoms with Crippen LogP contribution in [-0.4, -0.2) is 47.2 Å². The molecule has 2 aromatic rings. The Hall–Kier alpha value is -3.07. The van der Waals surface area contributed by atoms with E-state index >= 15 is 0 Å². The first-order chi connectivity index (χ1) is 14.2. The van der Waals surface area contributed by atoms with E-state index in [9.17, 15) is 18.0 Å². The van der Waals surface area contributed by atoms with E-state index in [2.05, 4.69) is 0 Å². The Kier molecular flexibility index (Phi) is 7.82. The summed E-state index contributed by atoms with van der Waals surface area (Å²) in [5.41, 5.74) is 1.03. The molecule has 9 heteroatoms. The van der Waals surface area contributed by atoms with Crippen LogP contribution in [-0.2, 0) is 24.3 Å². The summed E-state index contributed by atoms with van der Waals surface area (Å²) in [7, 11) is -2.62. The molecular formula is C21H25NO7S. The molecule has 0 aliphatic carbocycles. The molecule has 0 aliphatic rings. The minimum atomic E-state index is -4.10. The second kappa shape index (κ2) is 10.1. The maximum Gasteiger partial charge on any atom is 0.338 e. The third-order valence-corrected chi connectivity index (χ3v) is 5.98. The molecule has 0 amide bonds. The zero-order chi connectivity index (χ0) is 22.3. The van der Waals surface area contributed by atoms with Crippen LogP contribution in [0.2, 0.25) is 0 Å². The van der Waals surface area contributed by atoms with Gasteiger partial charge in [0.05, 0.1) is 36.5 Å². The number of anilines is 1. The highest BCUT2D eigenvalue weighted by Gasteiger charge is 2.29. The van der Waals surface area contributed by atoms with Crippen LogP contribution in [0, 0.1) is 6.92 Å². The van der Waals surface area contributed by atoms with Crippen LogP contribution in [0.3, 0.4) is 0 Å². The molecule has 0 unspecified atom stereocenters. The molecule has 0 atom stereocenters. The molecule has 0 radical (unpaired) electrons. The third kappa shape index (κ3) is 5.29. The lowest BCUT2D eigenvalue weighted by Gasteiger charge is -2.25. The van der Waals surface area contributed by atoms with Crippen molar-refractivity contribution in [3.63, 3.8) is 0 Å². The minimum absolute atomic E-state index is 0.0125. The van der Waals surface area contributed by atoms with E-state index in [1.165, 1.54) is 49.6 Å². The molecular weight excluding hydrogens is 410 g/mol. The third-order valence-electron chi connectivity index (χ3n) is 4.20. The van der Waals surface area contributed by atoms with Gasteiger partial charge >= 0.3 is 11.9 Å². The van der Waals surface area contributed by atoms with Crippen LogP contribution in [0.25, 0.3) is 0 Å². The first-order valence-corrected chi connectivity index (χ1v) is 10.8. The van der Waals surface area contributed by atoms with Crippen molar-refractivity contribution < 1.29 is 32.2 Å². The molecule has 2 rings (SSSR count). The number of ether oxygens (including phenoxy) is 3. The van der Waals surface area contributed by atoms with Crippen molar-refractivity contribution in [3.8, 4) is 5.75 Å². The monoisotopic (exact) mass is 435 g/mol. The van der Waals surface area contributed by atoms with Gasteiger partial charge < -0.3 is 14.2 Å². The van der Waals surface area contributed by atoms with Crippen molar-refractivity contribution in [2.24, 2.45) is 0 Å². The fraction of sp³-hybridized carbons (Fsp3) is 0.333. The summed E-state index contributed by atoms with van der Waals surface area (Å²) in [5.74, 6) is -0.702. The van der Waals surface area contributed by atoms with Gasteiger partial charge in [-0.2, -0.15) is 0 Å². The molecule has 0 bridgehead atoms. The van der Waals surface area contributed by atoms with Gasteiger partial charge in [-0.3, -0.25) is 9.10 Å². The van der Waals surface area contributed by atoms with Crippen molar-refractivity contribution in [3.05, 3.63) is 53.6 Å². The van der Waals surface area contributed by atoms with Gasteiger partial charge in [0.25, 0.3) is 10.0 Å². The summed E-state index contributed by atoms with van der Waals surface area (Å²) in [4.78, 5) is 24.1. The van der Waals surface area contributed by atoms with E-state index in [4.69, 9.17) is 14.2 Å². The number of aryl methyl sites for hydroxylation is 1. The van der Waals surface area contributed by atoms with Crippen molar-refractivity contribution in [2.75, 3.05) is 31.2 Å². The fourth-order valence-corrected chi connectivity index (χ4v) is 4.25. The summed E-state index contributed by atoms with van der Waals surface area (Å²) in [6.07, 6.45) is 0. The van der Waals surface area contributed by atoms with Crippen molar-refractivity contribution in [1.29, 1.82) is 0 Å². The second-order valence-corrected chi connectivity index (χ2v) is 8.08. The lowest BCUT2D eigenvalue weighted by molar-refractivity contribution is -0.141. The molecule has 0 saturated carbocycles. The molecule has 0 heterocycles. The van der Waals surface area contributed by atoms with Crippen molar-refractivity contribution >= 4 is 27.6 Å². The summed E-state index contributed by atoms with van der Waals surface area (Å²) in [6, 6.07) is 10.3. The summed E-state index contributed by atoms with van der Waals surface area (Å²) >= 11 is 0. The standard InChI is InChI=1S/C21H25NO7S/c1-5-28-20(23)14-22(30(25,26)18-10-8-17(27-4)9-11-18)19-12-7-16(13-15(19)3)21(24)29-6-2/h7-13H,5-6,14H2,1-4H3. The van der Waals surface area contributed by atoms with Gasteiger partial charge in [-0.25, -0.2) is 13.2 Å². The normalized spacial score (nSPS) is 10.9. The van der Waals surface area contributed by atoms with Gasteiger partial charge in [0, 0.05) is 0 Å². The van der Waals surface area contributed by atoms with E-state index in [-0.39, 0.29) is 29.4 Å². The minimum Gasteiger partial charge on any atom is -0.497 e. The van der Waals surface area contributed by atoms with Crippen molar-refractivity contribution in [2.45, 2.75) is 25.7 Å². The molecule has 30 heavy (non-hydrogen) atoms. The predicted octanol–water partition coefficient (Wildman–Crippen LogP) is 2.94. The van der Waals surface area contributed by atoms with E-state index in [1.54, 1.807) is 20.8 Å². The summed E-state index contributed by atoms with van der Waals surface area (Å²) in [5, 5.41) is 0. The number of carbonyl (C=O) groups is 2. The smallest absolute Gasteiger partial charge is 0.338 e. The molecule has 2 aromatic carbocycles. The Labute approximate surface area is 176 Å². The molecule has 0 aliphatic heterocycles. The highest BCUT2D eigenvalue weighted by molar-refractivity contribution is 7.92. The fourth-order valence-electron chi connectivity index (χ4n) is 2.78. The van der Waals surface area contributed by atoms with Gasteiger partial charge in [0.15, 0.2) is 0 Å². The Balaban J connectivity index is 2.51. The van der Waals surface area contributed by atoms with Gasteiger partial charge in [0.2, 0.25) is 0 Å². The largest absolute Gasteiger partial charge is 0.497 e. The number of esters is 2. The number of methoxy groups -OCH3 is 1. The van der Waals surface area contributed by atoms with Crippen LogP contribution in [0.4, 0.5) is 5.69 Å². The number of hydrogen-bond donors (Lipinski definition) is 0. The Morgan fingerprint density at radius 1 is 0.967 bits per heavy atom. The van der Waals surface area contributed by atoms with Gasteiger partial charge in [-0.05, 0) is 68.8 Å². The number of nitrogens with zero attached hydrogens (tertiary/aromatic N) is 1. The summed E-state index contributed by atoms with van der Waals surface area (Å²) in [6.45, 7) is 4.82. The molecule has 8 nitrogen and oxygen atoms in total. The number of sulfonamides is 1. The molecule has 0 fully saturated rings. The number of carbonyl (C=O) groups excluding carboxylic acids is 2. The molecule has 0 saturated heterocycles. The van der Waals surface area contributed by atoms with Crippen LogP contribution < -0.4 is 9.04 Å². The van der Waals surface area contributed by atoms with E-state index in [0.29, 0.717) is 11.3 Å². The second-order valence-electron chi connectivity index (χ2n) is 6.21. The highest BCUT2D eigenvalue weighted by Crippen LogP contribution is 2.29. The average molecular weight is 435 g/mol. The predicted molar refractivity (Wildman–Crippen MR) is 111 cm³/mol. The Morgan fingerprint density at radius 3 is 2.13 bits per heavy atom. The first kappa shape index (κ1) is 23.2. The number of rotatable bonds is 9. The van der Waals surface area contributed by atoms with Crippen LogP contribution in [0.5, 0.6) is 5.75 Å². The lowest BCUT2D eigenvalue weighted by atomic mass is 10.1. The molecule has 0 N–H and O–H groups in total. The average Bonchev–Trinajstić information content (AvgIpc) is 2.72. The quantitative estimate of drug-likeness (QED) is 0.558. The molecule has 0 aromatic heterocycles. The van der Waals surface area contributed by atoms with Gasteiger partial charge in [-0.15, -0.1) is 0 Å². The van der Waals surface area contributed by atoms with E-state index in [1.807, 2.05) is 0 Å². The van der Waals surface area contributed by atoms with Crippen molar-refractivity contribution in [1.82, 2.24) is 0 Å². The maximum absolute atomic E-state index is 13.3. The van der Waals surface area contributed by atoms with Crippen LogP contribution in [0.1, 0.15) is 29.8 Å². The van der Waals surface area contributed by atoms with Crippen LogP contribution in [0.15, 0.2) is 47.4 Å². The number of hydrogen-bond acceptors (Lipinski definition) is 7. The zero-order valence-electron chi connectivity index (χ0n) is 17.4. The Bertz CT molecular complexity index is 1000. The SMILES string of the molecule is CCOC(=O)CN(c1ccc(C(=O)OCC)cc1C)S(=O)(=O)c1ccc(OC)cc1. The topological polar surface area (TPSA) is 99.2 Å². The van der Waals surface area contributed by atoms with Gasteiger partial charge in [-0.1, -0.05) is 0 Å². The van der Waals surface area contributed by atoms with Gasteiger partial charge in [0.1, 0.15) is 12.3 Å². The first-order valence-electron chi connectivity index (χ1n) is 9.34. The number of benzene rings is 2. The van der Waals surface area contributed by atoms with Crippen LogP contribution >= 0.6 is 0 Å². The maximum atomic E-state index is 13.3. The van der Waals surface area contributed by atoms with E-state index in [0.717, 1.165) is 4.31 Å².